The number of phenolic OH excluding ortho intramolecular Hbond substituents is 2. The predicted molar refractivity (Wildman–Crippen MR) is 89.9 cm³/mol. The monoisotopic (exact) mass is 308 g/mol. The SMILES string of the molecule is C=CCc1c(-c2ccc(O)cc2O)oc2ccc(C)cc2c1=O. The van der Waals surface area contributed by atoms with Crippen LogP contribution in [0, 0.1) is 6.92 Å². The summed E-state index contributed by atoms with van der Waals surface area (Å²) in [5, 5.41) is 20.0. The molecule has 2 aromatic carbocycles. The van der Waals surface area contributed by atoms with E-state index >= 15 is 0 Å². The summed E-state index contributed by atoms with van der Waals surface area (Å²) in [7, 11) is 0. The molecule has 0 aliphatic heterocycles. The second-order valence-electron chi connectivity index (χ2n) is 5.43. The molecule has 116 valence electrons. The van der Waals surface area contributed by atoms with Crippen LogP contribution in [-0.2, 0) is 6.42 Å². The van der Waals surface area contributed by atoms with Crippen LogP contribution < -0.4 is 5.43 Å². The highest BCUT2D eigenvalue weighted by molar-refractivity contribution is 5.82. The van der Waals surface area contributed by atoms with E-state index < -0.39 is 0 Å². The van der Waals surface area contributed by atoms with Crippen molar-refractivity contribution in [1.29, 1.82) is 0 Å². The van der Waals surface area contributed by atoms with Crippen molar-refractivity contribution < 1.29 is 14.6 Å². The van der Waals surface area contributed by atoms with Gasteiger partial charge in [0.2, 0.25) is 0 Å². The van der Waals surface area contributed by atoms with Crippen molar-refractivity contribution in [2.45, 2.75) is 13.3 Å². The van der Waals surface area contributed by atoms with Crippen LogP contribution in [0.3, 0.4) is 0 Å². The molecule has 3 rings (SSSR count). The second-order valence-corrected chi connectivity index (χ2v) is 5.43. The van der Waals surface area contributed by atoms with Gasteiger partial charge < -0.3 is 14.6 Å². The molecule has 0 aliphatic carbocycles. The topological polar surface area (TPSA) is 70.7 Å². The first-order valence-corrected chi connectivity index (χ1v) is 7.21. The number of phenols is 2. The van der Waals surface area contributed by atoms with Gasteiger partial charge in [-0.1, -0.05) is 17.7 Å². The summed E-state index contributed by atoms with van der Waals surface area (Å²) >= 11 is 0. The number of hydrogen-bond donors (Lipinski definition) is 2. The molecule has 1 heterocycles. The third-order valence-electron chi connectivity index (χ3n) is 3.71. The van der Waals surface area contributed by atoms with E-state index in [1.54, 1.807) is 18.2 Å². The van der Waals surface area contributed by atoms with Gasteiger partial charge in [0.1, 0.15) is 22.8 Å². The van der Waals surface area contributed by atoms with Crippen molar-refractivity contribution in [3.63, 3.8) is 0 Å². The molecule has 0 radical (unpaired) electrons. The summed E-state index contributed by atoms with van der Waals surface area (Å²) in [6.07, 6.45) is 1.94. The average molecular weight is 308 g/mol. The summed E-state index contributed by atoms with van der Waals surface area (Å²) in [4.78, 5) is 12.8. The summed E-state index contributed by atoms with van der Waals surface area (Å²) in [6.45, 7) is 5.59. The van der Waals surface area contributed by atoms with Gasteiger partial charge in [-0.2, -0.15) is 0 Å². The highest BCUT2D eigenvalue weighted by Crippen LogP contribution is 2.35. The van der Waals surface area contributed by atoms with Crippen LogP contribution in [0.2, 0.25) is 0 Å². The van der Waals surface area contributed by atoms with Crippen molar-refractivity contribution in [3.8, 4) is 22.8 Å². The maximum atomic E-state index is 12.8. The molecular weight excluding hydrogens is 292 g/mol. The van der Waals surface area contributed by atoms with Crippen LogP contribution in [0.1, 0.15) is 11.1 Å². The number of hydrogen-bond acceptors (Lipinski definition) is 4. The first-order chi connectivity index (χ1) is 11.0. The lowest BCUT2D eigenvalue weighted by Crippen LogP contribution is -2.10. The van der Waals surface area contributed by atoms with Crippen LogP contribution in [0.5, 0.6) is 11.5 Å². The Labute approximate surface area is 132 Å². The van der Waals surface area contributed by atoms with Crippen LogP contribution in [-0.4, -0.2) is 10.2 Å². The van der Waals surface area contributed by atoms with Gasteiger partial charge in [-0.3, -0.25) is 4.79 Å². The van der Waals surface area contributed by atoms with Crippen LogP contribution in [0.4, 0.5) is 0 Å². The summed E-state index contributed by atoms with van der Waals surface area (Å²) in [5.74, 6) is 0.0870. The molecule has 23 heavy (non-hydrogen) atoms. The summed E-state index contributed by atoms with van der Waals surface area (Å²) < 4.78 is 5.90. The largest absolute Gasteiger partial charge is 0.508 e. The minimum absolute atomic E-state index is 0.0599. The van der Waals surface area contributed by atoms with Crippen molar-refractivity contribution in [3.05, 3.63) is 70.4 Å². The third-order valence-corrected chi connectivity index (χ3v) is 3.71. The van der Waals surface area contributed by atoms with Crippen molar-refractivity contribution >= 4 is 11.0 Å². The van der Waals surface area contributed by atoms with E-state index in [1.807, 2.05) is 13.0 Å². The molecule has 0 saturated carbocycles. The highest BCUT2D eigenvalue weighted by atomic mass is 16.3. The quantitative estimate of drug-likeness (QED) is 0.720. The molecule has 1 aromatic heterocycles. The number of allylic oxidation sites excluding steroid dienone is 1. The Bertz CT molecular complexity index is 967. The molecule has 0 bridgehead atoms. The van der Waals surface area contributed by atoms with E-state index in [0.717, 1.165) is 5.56 Å². The van der Waals surface area contributed by atoms with Gasteiger partial charge in [-0.25, -0.2) is 0 Å². The maximum absolute atomic E-state index is 12.8. The Morgan fingerprint density at radius 1 is 1.17 bits per heavy atom. The first-order valence-electron chi connectivity index (χ1n) is 7.21. The summed E-state index contributed by atoms with van der Waals surface area (Å²) in [5.41, 5.74) is 2.07. The fourth-order valence-corrected chi connectivity index (χ4v) is 2.61. The molecule has 0 fully saturated rings. The molecule has 2 N–H and O–H groups in total. The molecule has 3 aromatic rings. The van der Waals surface area contributed by atoms with Gasteiger partial charge >= 0.3 is 0 Å². The normalized spacial score (nSPS) is 10.8. The van der Waals surface area contributed by atoms with Gasteiger partial charge in [-0.15, -0.1) is 6.58 Å². The molecule has 4 heteroatoms. The number of aromatic hydroxyl groups is 2. The van der Waals surface area contributed by atoms with Gasteiger partial charge in [-0.05, 0) is 37.6 Å². The number of benzene rings is 2. The lowest BCUT2D eigenvalue weighted by atomic mass is 10.0. The first kappa shape index (κ1) is 14.9. The third kappa shape index (κ3) is 2.59. The minimum atomic E-state index is -0.148. The van der Waals surface area contributed by atoms with Crippen LogP contribution in [0.15, 0.2) is 58.3 Å². The Morgan fingerprint density at radius 3 is 2.65 bits per heavy atom. The molecule has 4 nitrogen and oxygen atoms in total. The Kier molecular flexibility index (Phi) is 3.66. The van der Waals surface area contributed by atoms with Gasteiger partial charge in [0.15, 0.2) is 5.43 Å². The minimum Gasteiger partial charge on any atom is -0.508 e. The van der Waals surface area contributed by atoms with Crippen molar-refractivity contribution in [2.24, 2.45) is 0 Å². The van der Waals surface area contributed by atoms with Crippen LogP contribution in [0.25, 0.3) is 22.3 Å². The fourth-order valence-electron chi connectivity index (χ4n) is 2.61. The van der Waals surface area contributed by atoms with E-state index in [1.165, 1.54) is 18.2 Å². The Hall–Kier alpha value is -3.01. The maximum Gasteiger partial charge on any atom is 0.196 e. The Morgan fingerprint density at radius 2 is 1.96 bits per heavy atom. The number of aryl methyl sites for hydroxylation is 1. The highest BCUT2D eigenvalue weighted by Gasteiger charge is 2.18. The van der Waals surface area contributed by atoms with E-state index in [9.17, 15) is 15.0 Å². The lowest BCUT2D eigenvalue weighted by Gasteiger charge is -2.11. The standard InChI is InChI=1S/C19H16O4/c1-3-4-14-18(22)15-9-11(2)5-8-17(15)23-19(14)13-7-6-12(20)10-16(13)21/h3,5-10,20-21H,1,4H2,2H3. The van der Waals surface area contributed by atoms with E-state index in [2.05, 4.69) is 6.58 Å². The van der Waals surface area contributed by atoms with Gasteiger partial charge in [0.25, 0.3) is 0 Å². The fraction of sp³-hybridized carbons (Fsp3) is 0.105. The zero-order valence-corrected chi connectivity index (χ0v) is 12.7. The lowest BCUT2D eigenvalue weighted by molar-refractivity contribution is 0.450. The predicted octanol–water partition coefficient (Wildman–Crippen LogP) is 3.91. The van der Waals surface area contributed by atoms with Gasteiger partial charge in [0.05, 0.1) is 10.9 Å². The van der Waals surface area contributed by atoms with E-state index in [-0.39, 0.29) is 16.9 Å². The van der Waals surface area contributed by atoms with E-state index in [0.29, 0.717) is 34.3 Å². The molecule has 0 amide bonds. The molecule has 0 unspecified atom stereocenters. The smallest absolute Gasteiger partial charge is 0.196 e. The van der Waals surface area contributed by atoms with Crippen LogP contribution >= 0.6 is 0 Å². The van der Waals surface area contributed by atoms with Crippen molar-refractivity contribution in [1.82, 2.24) is 0 Å². The molecule has 0 atom stereocenters. The summed E-state index contributed by atoms with van der Waals surface area (Å²) in [6, 6.07) is 9.56. The van der Waals surface area contributed by atoms with Gasteiger partial charge in [0, 0.05) is 11.6 Å². The number of fused-ring (bicyclic) bond motifs is 1. The number of rotatable bonds is 3. The molecule has 0 aliphatic rings. The molecule has 0 spiro atoms. The zero-order chi connectivity index (χ0) is 16.6. The molecular formula is C19H16O4. The zero-order valence-electron chi connectivity index (χ0n) is 12.7. The Balaban J connectivity index is 2.39. The van der Waals surface area contributed by atoms with Crippen molar-refractivity contribution in [2.75, 3.05) is 0 Å². The average Bonchev–Trinajstić information content (AvgIpc) is 2.51. The molecule has 0 saturated heterocycles. The van der Waals surface area contributed by atoms with E-state index in [4.69, 9.17) is 4.42 Å². The second kappa shape index (κ2) is 5.65.